The zero-order chi connectivity index (χ0) is 15.3. The number of nitrogens with two attached hydrogens (primary N) is 1. The van der Waals surface area contributed by atoms with Crippen molar-refractivity contribution >= 4 is 9.84 Å². The minimum atomic E-state index is -3.34. The molecule has 2 rings (SSSR count). The van der Waals surface area contributed by atoms with Crippen LogP contribution in [0.2, 0.25) is 0 Å². The summed E-state index contributed by atoms with van der Waals surface area (Å²) in [4.78, 5) is 2.27. The monoisotopic (exact) mass is 314 g/mol. The van der Waals surface area contributed by atoms with Gasteiger partial charge in [0.2, 0.25) is 0 Å². The summed E-state index contributed by atoms with van der Waals surface area (Å²) < 4.78 is 30.0. The maximum Gasteiger partial charge on any atom is 0.179 e. The average Bonchev–Trinajstić information content (AvgIpc) is 2.53. The summed E-state index contributed by atoms with van der Waals surface area (Å²) >= 11 is 0. The highest BCUT2D eigenvalue weighted by atomic mass is 32.2. The predicted molar refractivity (Wildman–Crippen MR) is 79.7 cm³/mol. The molecular weight excluding hydrogens is 292 g/mol. The van der Waals surface area contributed by atoms with Gasteiger partial charge in [-0.25, -0.2) is 8.42 Å². The molecule has 1 saturated heterocycles. The van der Waals surface area contributed by atoms with Crippen LogP contribution in [0.4, 0.5) is 0 Å². The quantitative estimate of drug-likeness (QED) is 0.743. The maximum atomic E-state index is 12.4. The molecule has 7 heteroatoms. The predicted octanol–water partition coefficient (Wildman–Crippen LogP) is -0.388. The molecule has 6 nitrogen and oxygen atoms in total. The van der Waals surface area contributed by atoms with Crippen LogP contribution in [0.5, 0.6) is 0 Å². The Bertz CT molecular complexity index is 562. The van der Waals surface area contributed by atoms with E-state index < -0.39 is 9.84 Å². The number of hydrogen-bond donors (Lipinski definition) is 2. The van der Waals surface area contributed by atoms with Gasteiger partial charge in [-0.05, 0) is 17.7 Å². The summed E-state index contributed by atoms with van der Waals surface area (Å²) in [6, 6.07) is 6.61. The number of sulfone groups is 1. The first-order chi connectivity index (χ1) is 10.1. The molecule has 0 radical (unpaired) electrons. The van der Waals surface area contributed by atoms with Crippen molar-refractivity contribution in [3.8, 4) is 0 Å². The van der Waals surface area contributed by atoms with Gasteiger partial charge in [-0.3, -0.25) is 4.90 Å². The van der Waals surface area contributed by atoms with Crippen molar-refractivity contribution in [2.24, 2.45) is 5.73 Å². The molecule has 1 fully saturated rings. The van der Waals surface area contributed by atoms with E-state index in [1.165, 1.54) is 0 Å². The average molecular weight is 314 g/mol. The largest absolute Gasteiger partial charge is 0.395 e. The molecule has 0 aliphatic carbocycles. The molecule has 0 spiro atoms. The van der Waals surface area contributed by atoms with Crippen LogP contribution in [0.25, 0.3) is 0 Å². The Kier molecular flexibility index (Phi) is 5.72. The zero-order valence-corrected chi connectivity index (χ0v) is 12.8. The van der Waals surface area contributed by atoms with Crippen LogP contribution in [0.1, 0.15) is 5.56 Å². The van der Waals surface area contributed by atoms with E-state index in [9.17, 15) is 13.5 Å². The van der Waals surface area contributed by atoms with E-state index >= 15 is 0 Å². The highest BCUT2D eigenvalue weighted by Crippen LogP contribution is 2.15. The van der Waals surface area contributed by atoms with Crippen LogP contribution < -0.4 is 5.73 Å². The van der Waals surface area contributed by atoms with Crippen LogP contribution in [0.3, 0.4) is 0 Å². The lowest BCUT2D eigenvalue weighted by molar-refractivity contribution is -0.0245. The number of benzene rings is 1. The first kappa shape index (κ1) is 16.4. The van der Waals surface area contributed by atoms with Crippen LogP contribution in [-0.4, -0.2) is 63.1 Å². The highest BCUT2D eigenvalue weighted by Gasteiger charge is 2.24. The minimum Gasteiger partial charge on any atom is -0.395 e. The van der Waals surface area contributed by atoms with Gasteiger partial charge in [0.25, 0.3) is 0 Å². The van der Waals surface area contributed by atoms with Crippen molar-refractivity contribution in [2.45, 2.75) is 17.5 Å². The summed E-state index contributed by atoms with van der Waals surface area (Å²) in [6.45, 7) is 2.34. The van der Waals surface area contributed by atoms with E-state index in [0.29, 0.717) is 37.7 Å². The SMILES string of the molecule is NCc1cccc(S(=O)(=O)CCN2CCOCC2CO)c1. The van der Waals surface area contributed by atoms with Crippen LogP contribution in [0, 0.1) is 0 Å². The third-order valence-electron chi connectivity index (χ3n) is 3.70. The van der Waals surface area contributed by atoms with Gasteiger partial charge in [0.15, 0.2) is 9.84 Å². The summed E-state index contributed by atoms with van der Waals surface area (Å²) in [5.74, 6) is 0.0253. The first-order valence-electron chi connectivity index (χ1n) is 7.01. The molecule has 1 aliphatic heterocycles. The van der Waals surface area contributed by atoms with Crippen LogP contribution in [0.15, 0.2) is 29.2 Å². The molecule has 1 unspecified atom stereocenters. The molecule has 0 amide bonds. The molecule has 0 aromatic heterocycles. The fourth-order valence-electron chi connectivity index (χ4n) is 2.37. The molecule has 1 aromatic carbocycles. The van der Waals surface area contributed by atoms with Crippen molar-refractivity contribution in [3.05, 3.63) is 29.8 Å². The number of nitrogens with zero attached hydrogens (tertiary/aromatic N) is 1. The van der Waals surface area contributed by atoms with E-state index in [1.807, 2.05) is 11.0 Å². The summed E-state index contributed by atoms with van der Waals surface area (Å²) in [5, 5.41) is 9.29. The Balaban J connectivity index is 2.03. The lowest BCUT2D eigenvalue weighted by atomic mass is 10.2. The second-order valence-corrected chi connectivity index (χ2v) is 7.23. The molecule has 1 aliphatic rings. The lowest BCUT2D eigenvalue weighted by Gasteiger charge is -2.34. The Labute approximate surface area is 125 Å². The Hall–Kier alpha value is -0.990. The lowest BCUT2D eigenvalue weighted by Crippen LogP contribution is -2.49. The fourth-order valence-corrected chi connectivity index (χ4v) is 3.70. The number of aliphatic hydroxyl groups is 1. The van der Waals surface area contributed by atoms with Crippen molar-refractivity contribution in [3.63, 3.8) is 0 Å². The van der Waals surface area contributed by atoms with E-state index in [0.717, 1.165) is 5.56 Å². The number of aliphatic hydroxyl groups excluding tert-OH is 1. The topological polar surface area (TPSA) is 92.9 Å². The van der Waals surface area contributed by atoms with Gasteiger partial charge < -0.3 is 15.6 Å². The normalized spacial score (nSPS) is 20.6. The third kappa shape index (κ3) is 4.24. The molecule has 0 bridgehead atoms. The second kappa shape index (κ2) is 7.33. The molecule has 3 N–H and O–H groups in total. The van der Waals surface area contributed by atoms with Crippen molar-refractivity contribution in [2.75, 3.05) is 38.7 Å². The third-order valence-corrected chi connectivity index (χ3v) is 5.39. The number of hydrogen-bond acceptors (Lipinski definition) is 6. The van der Waals surface area contributed by atoms with Gasteiger partial charge in [0, 0.05) is 19.6 Å². The molecule has 1 aromatic rings. The summed E-state index contributed by atoms with van der Waals surface area (Å²) in [7, 11) is -3.34. The molecule has 1 heterocycles. The van der Waals surface area contributed by atoms with Crippen LogP contribution >= 0.6 is 0 Å². The minimum absolute atomic E-state index is 0.0251. The smallest absolute Gasteiger partial charge is 0.179 e. The molecule has 0 saturated carbocycles. The Morgan fingerprint density at radius 2 is 2.24 bits per heavy atom. The van der Waals surface area contributed by atoms with E-state index in [2.05, 4.69) is 0 Å². The summed E-state index contributed by atoms with van der Waals surface area (Å²) in [5.41, 5.74) is 6.35. The van der Waals surface area contributed by atoms with Crippen LogP contribution in [-0.2, 0) is 21.1 Å². The summed E-state index contributed by atoms with van der Waals surface area (Å²) in [6.07, 6.45) is 0. The maximum absolute atomic E-state index is 12.4. The number of rotatable bonds is 6. The highest BCUT2D eigenvalue weighted by molar-refractivity contribution is 7.91. The van der Waals surface area contributed by atoms with Gasteiger partial charge in [-0.1, -0.05) is 12.1 Å². The molecule has 21 heavy (non-hydrogen) atoms. The van der Waals surface area contributed by atoms with Gasteiger partial charge in [-0.2, -0.15) is 0 Å². The van der Waals surface area contributed by atoms with Gasteiger partial charge >= 0.3 is 0 Å². The fraction of sp³-hybridized carbons (Fsp3) is 0.571. The molecular formula is C14H22N2O4S. The van der Waals surface area contributed by atoms with Crippen molar-refractivity contribution in [1.82, 2.24) is 4.90 Å². The van der Waals surface area contributed by atoms with Gasteiger partial charge in [-0.15, -0.1) is 0 Å². The zero-order valence-electron chi connectivity index (χ0n) is 11.9. The first-order valence-corrected chi connectivity index (χ1v) is 8.66. The van der Waals surface area contributed by atoms with E-state index in [-0.39, 0.29) is 18.4 Å². The second-order valence-electron chi connectivity index (χ2n) is 5.12. The standard InChI is InChI=1S/C14H22N2O4S/c15-9-12-2-1-3-14(8-12)21(18,19)7-5-16-4-6-20-11-13(16)10-17/h1-3,8,13,17H,4-7,9-11,15H2. The number of ether oxygens (including phenoxy) is 1. The van der Waals surface area contributed by atoms with Gasteiger partial charge in [0.05, 0.1) is 36.5 Å². The molecule has 118 valence electrons. The van der Waals surface area contributed by atoms with Gasteiger partial charge in [0.1, 0.15) is 0 Å². The Morgan fingerprint density at radius 1 is 1.43 bits per heavy atom. The van der Waals surface area contributed by atoms with E-state index in [1.54, 1.807) is 18.2 Å². The Morgan fingerprint density at radius 3 is 2.95 bits per heavy atom. The molecule has 1 atom stereocenters. The van der Waals surface area contributed by atoms with E-state index in [4.69, 9.17) is 10.5 Å². The van der Waals surface area contributed by atoms with Crippen molar-refractivity contribution in [1.29, 1.82) is 0 Å². The number of morpholine rings is 1. The van der Waals surface area contributed by atoms with Crippen molar-refractivity contribution < 1.29 is 18.3 Å².